The minimum absolute atomic E-state index is 0.151. The Morgan fingerprint density at radius 2 is 2.03 bits per heavy atom. The van der Waals surface area contributed by atoms with Crippen LogP contribution in [0, 0.1) is 5.92 Å². The quantitative estimate of drug-likeness (QED) is 0.507. The molecule has 1 aliphatic rings. The Balaban J connectivity index is 1.35. The van der Waals surface area contributed by atoms with Gasteiger partial charge >= 0.3 is 0 Å². The van der Waals surface area contributed by atoms with Crippen molar-refractivity contribution in [3.05, 3.63) is 47.6 Å². The van der Waals surface area contributed by atoms with Crippen molar-refractivity contribution in [3.8, 4) is 22.1 Å². The molecule has 0 saturated carbocycles. The average Bonchev–Trinajstić information content (AvgIpc) is 3.32. The number of nitrogens with zero attached hydrogens (tertiary/aromatic N) is 3. The fraction of sp³-hybridized carbons (Fsp3) is 0.333. The lowest BCUT2D eigenvalue weighted by molar-refractivity contribution is -0.122. The van der Waals surface area contributed by atoms with Crippen LogP contribution in [0.3, 0.4) is 0 Å². The molecule has 1 saturated heterocycles. The Kier molecular flexibility index (Phi) is 7.27. The van der Waals surface area contributed by atoms with Gasteiger partial charge in [-0.15, -0.1) is 11.3 Å². The van der Waals surface area contributed by atoms with Crippen molar-refractivity contribution in [2.45, 2.75) is 19.3 Å². The summed E-state index contributed by atoms with van der Waals surface area (Å²) in [5, 5.41) is 5.53. The highest BCUT2D eigenvalue weighted by molar-refractivity contribution is 7.13. The lowest BCUT2D eigenvalue weighted by atomic mass is 9.97. The Bertz CT molecular complexity index is 1160. The molecule has 178 valence electrons. The molecule has 3 aromatic rings. The van der Waals surface area contributed by atoms with E-state index in [1.54, 1.807) is 20.4 Å². The van der Waals surface area contributed by atoms with Crippen molar-refractivity contribution < 1.29 is 19.1 Å². The van der Waals surface area contributed by atoms with Crippen LogP contribution >= 0.6 is 11.3 Å². The third kappa shape index (κ3) is 5.45. The molecular weight excluding hydrogens is 454 g/mol. The SMILES string of the molecule is COc1ccc(-c2nc(CC(=O)Nc3ccc(N4CCCC(C(N)=O)C4)nc3)cs2)cc1OC. The maximum absolute atomic E-state index is 12.5. The smallest absolute Gasteiger partial charge is 0.230 e. The number of primary amides is 1. The van der Waals surface area contributed by atoms with Crippen LogP contribution in [0.25, 0.3) is 10.6 Å². The number of piperidine rings is 1. The zero-order valence-electron chi connectivity index (χ0n) is 19.1. The fourth-order valence-electron chi connectivity index (χ4n) is 3.92. The predicted octanol–water partition coefficient (Wildman–Crippen LogP) is 3.11. The van der Waals surface area contributed by atoms with Gasteiger partial charge in [-0.05, 0) is 43.2 Å². The first-order valence-electron chi connectivity index (χ1n) is 10.9. The number of anilines is 2. The predicted molar refractivity (Wildman–Crippen MR) is 131 cm³/mol. The van der Waals surface area contributed by atoms with Gasteiger partial charge < -0.3 is 25.4 Å². The Morgan fingerprint density at radius 3 is 2.74 bits per heavy atom. The van der Waals surface area contributed by atoms with Crippen molar-refractivity contribution in [3.63, 3.8) is 0 Å². The van der Waals surface area contributed by atoms with Gasteiger partial charge in [0.05, 0.1) is 44.1 Å². The van der Waals surface area contributed by atoms with Crippen molar-refractivity contribution in [2.75, 3.05) is 37.5 Å². The molecule has 34 heavy (non-hydrogen) atoms. The number of ether oxygens (including phenoxy) is 2. The van der Waals surface area contributed by atoms with Crippen LogP contribution < -0.4 is 25.4 Å². The Morgan fingerprint density at radius 1 is 1.21 bits per heavy atom. The van der Waals surface area contributed by atoms with Crippen LogP contribution in [0.2, 0.25) is 0 Å². The van der Waals surface area contributed by atoms with Gasteiger partial charge in [0.2, 0.25) is 11.8 Å². The van der Waals surface area contributed by atoms with Gasteiger partial charge in [0.15, 0.2) is 11.5 Å². The number of carbonyl (C=O) groups is 2. The molecule has 1 aliphatic heterocycles. The summed E-state index contributed by atoms with van der Waals surface area (Å²) < 4.78 is 10.6. The number of nitrogens with one attached hydrogen (secondary N) is 1. The molecule has 9 nitrogen and oxygen atoms in total. The second-order valence-corrected chi connectivity index (χ2v) is 8.89. The van der Waals surface area contributed by atoms with E-state index in [2.05, 4.69) is 20.2 Å². The monoisotopic (exact) mass is 481 g/mol. The zero-order chi connectivity index (χ0) is 24.1. The number of rotatable bonds is 8. The van der Waals surface area contributed by atoms with Crippen molar-refractivity contribution in [1.82, 2.24) is 9.97 Å². The van der Waals surface area contributed by atoms with E-state index in [0.29, 0.717) is 29.4 Å². The van der Waals surface area contributed by atoms with E-state index in [9.17, 15) is 9.59 Å². The maximum Gasteiger partial charge on any atom is 0.230 e. The van der Waals surface area contributed by atoms with E-state index >= 15 is 0 Å². The minimum atomic E-state index is -0.273. The minimum Gasteiger partial charge on any atom is -0.493 e. The highest BCUT2D eigenvalue weighted by Gasteiger charge is 2.24. The van der Waals surface area contributed by atoms with Gasteiger partial charge in [-0.2, -0.15) is 0 Å². The van der Waals surface area contributed by atoms with Crippen LogP contribution in [0.4, 0.5) is 11.5 Å². The average molecular weight is 482 g/mol. The van der Waals surface area contributed by atoms with E-state index in [4.69, 9.17) is 15.2 Å². The van der Waals surface area contributed by atoms with Crippen LogP contribution in [-0.4, -0.2) is 49.1 Å². The third-order valence-corrected chi connectivity index (χ3v) is 6.64. The lowest BCUT2D eigenvalue weighted by Gasteiger charge is -2.32. The standard InChI is InChI=1S/C24H27N5O4S/c1-32-19-7-5-15(10-20(19)33-2)24-28-18(14-34-24)11-22(30)27-17-6-8-21(26-12-17)29-9-3-4-16(13-29)23(25)31/h5-8,10,12,14,16H,3-4,9,11,13H2,1-2H3,(H2,25,31)(H,27,30). The summed E-state index contributed by atoms with van der Waals surface area (Å²) in [6.07, 6.45) is 3.48. The van der Waals surface area contributed by atoms with Crippen LogP contribution in [-0.2, 0) is 16.0 Å². The molecule has 1 fully saturated rings. The first-order valence-corrected chi connectivity index (χ1v) is 11.8. The van der Waals surface area contributed by atoms with E-state index in [1.165, 1.54) is 11.3 Å². The summed E-state index contributed by atoms with van der Waals surface area (Å²) in [4.78, 5) is 35.1. The van der Waals surface area contributed by atoms with Gasteiger partial charge in [-0.25, -0.2) is 9.97 Å². The molecule has 2 aromatic heterocycles. The largest absolute Gasteiger partial charge is 0.493 e. The number of nitrogens with two attached hydrogens (primary N) is 1. The molecule has 0 spiro atoms. The number of hydrogen-bond acceptors (Lipinski definition) is 8. The van der Waals surface area contributed by atoms with Crippen LogP contribution in [0.15, 0.2) is 41.9 Å². The first-order chi connectivity index (χ1) is 16.5. The number of benzene rings is 1. The summed E-state index contributed by atoms with van der Waals surface area (Å²) >= 11 is 1.47. The molecule has 1 unspecified atom stereocenters. The number of methoxy groups -OCH3 is 2. The van der Waals surface area contributed by atoms with Gasteiger partial charge in [0.25, 0.3) is 0 Å². The number of pyridine rings is 1. The number of amides is 2. The molecule has 2 amide bonds. The topological polar surface area (TPSA) is 120 Å². The van der Waals surface area contributed by atoms with Crippen LogP contribution in [0.1, 0.15) is 18.5 Å². The summed E-state index contributed by atoms with van der Waals surface area (Å²) in [6.45, 7) is 1.40. The van der Waals surface area contributed by atoms with Gasteiger partial charge in [0, 0.05) is 24.0 Å². The molecule has 1 atom stereocenters. The molecule has 3 N–H and O–H groups in total. The molecule has 3 heterocycles. The van der Waals surface area contributed by atoms with E-state index in [-0.39, 0.29) is 24.2 Å². The number of thiazole rings is 1. The molecular formula is C24H27N5O4S. The summed E-state index contributed by atoms with van der Waals surface area (Å²) in [5.41, 5.74) is 7.64. The zero-order valence-corrected chi connectivity index (χ0v) is 19.9. The van der Waals surface area contributed by atoms with Crippen LogP contribution in [0.5, 0.6) is 11.5 Å². The Labute approximate surface area is 201 Å². The summed E-state index contributed by atoms with van der Waals surface area (Å²) in [6, 6.07) is 9.26. The number of carbonyl (C=O) groups excluding carboxylic acids is 2. The number of hydrogen-bond donors (Lipinski definition) is 2. The van der Waals surface area contributed by atoms with Gasteiger partial charge in [-0.1, -0.05) is 0 Å². The molecule has 0 bridgehead atoms. The molecule has 10 heteroatoms. The second-order valence-electron chi connectivity index (χ2n) is 8.03. The number of aromatic nitrogens is 2. The van der Waals surface area contributed by atoms with E-state index in [0.717, 1.165) is 35.8 Å². The highest BCUT2D eigenvalue weighted by atomic mass is 32.1. The first kappa shape index (κ1) is 23.5. The summed E-state index contributed by atoms with van der Waals surface area (Å²) in [5.74, 6) is 1.44. The van der Waals surface area contributed by atoms with E-state index < -0.39 is 0 Å². The van der Waals surface area contributed by atoms with E-state index in [1.807, 2.05) is 35.7 Å². The molecule has 0 aliphatic carbocycles. The van der Waals surface area contributed by atoms with Crippen molar-refractivity contribution in [2.24, 2.45) is 11.7 Å². The van der Waals surface area contributed by atoms with Gasteiger partial charge in [-0.3, -0.25) is 9.59 Å². The van der Waals surface area contributed by atoms with Crippen molar-refractivity contribution >= 4 is 34.7 Å². The summed E-state index contributed by atoms with van der Waals surface area (Å²) in [7, 11) is 3.18. The fourth-order valence-corrected chi connectivity index (χ4v) is 4.74. The van der Waals surface area contributed by atoms with Crippen molar-refractivity contribution in [1.29, 1.82) is 0 Å². The molecule has 4 rings (SSSR count). The maximum atomic E-state index is 12.5. The second kappa shape index (κ2) is 10.5. The normalized spacial score (nSPS) is 15.6. The molecule has 1 aromatic carbocycles. The third-order valence-electron chi connectivity index (χ3n) is 5.70. The Hall–Kier alpha value is -3.66. The lowest BCUT2D eigenvalue weighted by Crippen LogP contribution is -2.41. The molecule has 0 radical (unpaired) electrons. The highest BCUT2D eigenvalue weighted by Crippen LogP contribution is 2.33. The van der Waals surface area contributed by atoms with Gasteiger partial charge in [0.1, 0.15) is 10.8 Å².